The number of hydrogen-bond acceptors (Lipinski definition) is 8. The second-order valence-electron chi connectivity index (χ2n) is 3.29. The molecule has 0 saturated heterocycles. The molecule has 0 aromatic carbocycles. The lowest BCUT2D eigenvalue weighted by Crippen LogP contribution is -2.11. The van der Waals surface area contributed by atoms with Crippen LogP contribution >= 0.6 is 0 Å². The highest BCUT2D eigenvalue weighted by atomic mass is 16.5. The van der Waals surface area contributed by atoms with Crippen LogP contribution in [0.2, 0.25) is 0 Å². The van der Waals surface area contributed by atoms with Crippen LogP contribution in [0.15, 0.2) is 6.07 Å². The van der Waals surface area contributed by atoms with Crippen molar-refractivity contribution in [2.24, 2.45) is 0 Å². The summed E-state index contributed by atoms with van der Waals surface area (Å²) in [5, 5.41) is 16.6. The molecule has 2 aromatic heterocycles. The fraction of sp³-hybridized carbons (Fsp3) is 0.375. The number of nitrogens with one attached hydrogen (secondary N) is 2. The molecule has 0 saturated carbocycles. The highest BCUT2D eigenvalue weighted by Gasteiger charge is 2.11. The quantitative estimate of drug-likeness (QED) is 0.663. The van der Waals surface area contributed by atoms with Crippen LogP contribution in [0.3, 0.4) is 0 Å². The normalized spacial score (nSPS) is 12.1. The number of aromatic nitrogens is 6. The van der Waals surface area contributed by atoms with Crippen LogP contribution in [0.4, 0.5) is 11.8 Å². The number of nitrogen functional groups attached to an aromatic ring is 1. The van der Waals surface area contributed by atoms with Gasteiger partial charge in [-0.05, 0) is 6.92 Å². The van der Waals surface area contributed by atoms with Crippen molar-refractivity contribution >= 4 is 11.8 Å². The molecule has 2 rings (SSSR count). The van der Waals surface area contributed by atoms with Crippen molar-refractivity contribution in [2.75, 3.05) is 18.2 Å². The van der Waals surface area contributed by atoms with Crippen LogP contribution in [0.25, 0.3) is 0 Å². The number of methoxy groups -OCH3 is 1. The molecule has 0 spiro atoms. The Hall–Kier alpha value is -2.45. The van der Waals surface area contributed by atoms with E-state index in [1.807, 2.05) is 6.92 Å². The van der Waals surface area contributed by atoms with Gasteiger partial charge >= 0.3 is 0 Å². The molecule has 0 amide bonds. The smallest absolute Gasteiger partial charge is 0.225 e. The van der Waals surface area contributed by atoms with Gasteiger partial charge in [0.2, 0.25) is 11.8 Å². The molecular weight excluding hydrogens is 224 g/mol. The Balaban J connectivity index is 2.15. The SMILES string of the molecule is COc1cc(NC(C)c2nn[nH]n2)nc(N)n1. The first-order valence-electron chi connectivity index (χ1n) is 4.87. The maximum Gasteiger partial charge on any atom is 0.225 e. The monoisotopic (exact) mass is 236 g/mol. The van der Waals surface area contributed by atoms with Crippen LogP contribution in [0.1, 0.15) is 18.8 Å². The summed E-state index contributed by atoms with van der Waals surface area (Å²) in [6.07, 6.45) is 0. The maximum absolute atomic E-state index is 5.54. The summed E-state index contributed by atoms with van der Waals surface area (Å²) < 4.78 is 4.99. The number of nitrogens with zero attached hydrogens (tertiary/aromatic N) is 5. The van der Waals surface area contributed by atoms with Crippen molar-refractivity contribution in [2.45, 2.75) is 13.0 Å². The molecule has 0 aliphatic carbocycles. The molecule has 90 valence electrons. The standard InChI is InChI=1S/C8H12N8O/c1-4(7-13-15-16-14-7)10-5-3-6(17-2)12-8(9)11-5/h3-4H,1-2H3,(H3,9,10,11,12)(H,13,14,15,16). The Morgan fingerprint density at radius 2 is 2.29 bits per heavy atom. The Morgan fingerprint density at radius 3 is 2.94 bits per heavy atom. The van der Waals surface area contributed by atoms with Crippen LogP contribution in [0, 0.1) is 0 Å². The van der Waals surface area contributed by atoms with Crippen LogP contribution in [-0.4, -0.2) is 37.7 Å². The highest BCUT2D eigenvalue weighted by Crippen LogP contribution is 2.18. The van der Waals surface area contributed by atoms with E-state index in [0.717, 1.165) is 0 Å². The number of tetrazole rings is 1. The number of H-pyrrole nitrogens is 1. The van der Waals surface area contributed by atoms with Crippen LogP contribution < -0.4 is 15.8 Å². The van der Waals surface area contributed by atoms with E-state index in [-0.39, 0.29) is 12.0 Å². The molecule has 1 atom stereocenters. The zero-order valence-corrected chi connectivity index (χ0v) is 9.38. The minimum absolute atomic E-state index is 0.132. The van der Waals surface area contributed by atoms with Gasteiger partial charge in [-0.25, -0.2) is 0 Å². The Labute approximate surface area is 96.8 Å². The summed E-state index contributed by atoms with van der Waals surface area (Å²) in [7, 11) is 1.51. The van der Waals surface area contributed by atoms with Gasteiger partial charge in [0.05, 0.1) is 13.2 Å². The van der Waals surface area contributed by atoms with E-state index in [2.05, 4.69) is 35.9 Å². The lowest BCUT2D eigenvalue weighted by Gasteiger charge is -2.11. The summed E-state index contributed by atoms with van der Waals surface area (Å²) in [5.41, 5.74) is 5.54. The van der Waals surface area contributed by atoms with Crippen molar-refractivity contribution in [1.82, 2.24) is 30.6 Å². The second kappa shape index (κ2) is 4.60. The van der Waals surface area contributed by atoms with Crippen LogP contribution in [-0.2, 0) is 0 Å². The highest BCUT2D eigenvalue weighted by molar-refractivity contribution is 5.43. The lowest BCUT2D eigenvalue weighted by atomic mass is 10.3. The van der Waals surface area contributed by atoms with Crippen molar-refractivity contribution in [3.8, 4) is 5.88 Å². The molecule has 0 aliphatic rings. The zero-order valence-electron chi connectivity index (χ0n) is 9.38. The number of rotatable bonds is 4. The maximum atomic E-state index is 5.54. The van der Waals surface area contributed by atoms with Crippen LogP contribution in [0.5, 0.6) is 5.88 Å². The molecule has 2 heterocycles. The number of hydrogen-bond donors (Lipinski definition) is 3. The summed E-state index contributed by atoms with van der Waals surface area (Å²) in [6, 6.07) is 1.47. The van der Waals surface area contributed by atoms with Gasteiger partial charge in [0.1, 0.15) is 5.82 Å². The van der Waals surface area contributed by atoms with Crippen molar-refractivity contribution in [1.29, 1.82) is 0 Å². The Bertz CT molecular complexity index is 484. The molecule has 0 fully saturated rings. The molecule has 0 radical (unpaired) electrons. The summed E-state index contributed by atoms with van der Waals surface area (Å²) >= 11 is 0. The van der Waals surface area contributed by atoms with Gasteiger partial charge < -0.3 is 15.8 Å². The number of anilines is 2. The van der Waals surface area contributed by atoms with Gasteiger partial charge in [-0.2, -0.15) is 15.2 Å². The van der Waals surface area contributed by atoms with Crippen molar-refractivity contribution < 1.29 is 4.74 Å². The molecule has 4 N–H and O–H groups in total. The third kappa shape index (κ3) is 2.56. The van der Waals surface area contributed by atoms with E-state index in [1.165, 1.54) is 7.11 Å². The third-order valence-corrected chi connectivity index (χ3v) is 2.04. The molecule has 2 aromatic rings. The minimum Gasteiger partial charge on any atom is -0.481 e. The fourth-order valence-corrected chi connectivity index (χ4v) is 1.26. The van der Waals surface area contributed by atoms with Crippen molar-refractivity contribution in [3.05, 3.63) is 11.9 Å². The summed E-state index contributed by atoms with van der Waals surface area (Å²) in [5.74, 6) is 1.58. The largest absolute Gasteiger partial charge is 0.481 e. The molecular formula is C8H12N8O. The summed E-state index contributed by atoms with van der Waals surface area (Å²) in [6.45, 7) is 1.87. The average molecular weight is 236 g/mol. The molecule has 0 bridgehead atoms. The Morgan fingerprint density at radius 1 is 1.47 bits per heavy atom. The first kappa shape index (κ1) is 11.0. The third-order valence-electron chi connectivity index (χ3n) is 2.04. The molecule has 0 aliphatic heterocycles. The molecule has 17 heavy (non-hydrogen) atoms. The van der Waals surface area contributed by atoms with Gasteiger partial charge in [0.15, 0.2) is 5.82 Å². The van der Waals surface area contributed by atoms with Gasteiger partial charge in [-0.1, -0.05) is 5.21 Å². The number of aromatic amines is 1. The van der Waals surface area contributed by atoms with E-state index in [4.69, 9.17) is 10.5 Å². The predicted molar refractivity (Wildman–Crippen MR) is 59.2 cm³/mol. The van der Waals surface area contributed by atoms with Gasteiger partial charge in [-0.3, -0.25) is 0 Å². The second-order valence-corrected chi connectivity index (χ2v) is 3.29. The van der Waals surface area contributed by atoms with E-state index >= 15 is 0 Å². The molecule has 9 heteroatoms. The van der Waals surface area contributed by atoms with Crippen molar-refractivity contribution in [3.63, 3.8) is 0 Å². The van der Waals surface area contributed by atoms with E-state index in [9.17, 15) is 0 Å². The topological polar surface area (TPSA) is 128 Å². The van der Waals surface area contributed by atoms with Gasteiger partial charge in [0, 0.05) is 6.07 Å². The number of nitrogens with two attached hydrogens (primary N) is 1. The van der Waals surface area contributed by atoms with Gasteiger partial charge in [0.25, 0.3) is 0 Å². The first-order chi connectivity index (χ1) is 8.19. The molecule has 9 nitrogen and oxygen atoms in total. The van der Waals surface area contributed by atoms with E-state index in [1.54, 1.807) is 6.07 Å². The lowest BCUT2D eigenvalue weighted by molar-refractivity contribution is 0.398. The van der Waals surface area contributed by atoms with Gasteiger partial charge in [-0.15, -0.1) is 10.2 Å². The first-order valence-corrected chi connectivity index (χ1v) is 4.87. The van der Waals surface area contributed by atoms with E-state index in [0.29, 0.717) is 17.5 Å². The average Bonchev–Trinajstić information content (AvgIpc) is 2.81. The van der Waals surface area contributed by atoms with E-state index < -0.39 is 0 Å². The Kier molecular flexibility index (Phi) is 2.99. The molecule has 1 unspecified atom stereocenters. The fourth-order valence-electron chi connectivity index (χ4n) is 1.26. The zero-order chi connectivity index (χ0) is 12.3. The summed E-state index contributed by atoms with van der Waals surface area (Å²) in [4.78, 5) is 7.90. The number of ether oxygens (including phenoxy) is 1. The predicted octanol–water partition coefficient (Wildman–Crippen LogP) is -0.246. The minimum atomic E-state index is -0.159.